The molecule has 16 heavy (non-hydrogen) atoms. The van der Waals surface area contributed by atoms with Gasteiger partial charge in [0.1, 0.15) is 0 Å². The van der Waals surface area contributed by atoms with E-state index in [0.29, 0.717) is 0 Å². The summed E-state index contributed by atoms with van der Waals surface area (Å²) in [5.41, 5.74) is 2.24. The van der Waals surface area contributed by atoms with Crippen LogP contribution in [0.2, 0.25) is 0 Å². The highest BCUT2D eigenvalue weighted by Crippen LogP contribution is 2.11. The Bertz CT molecular complexity index is 312. The number of aryl methyl sites for hydroxylation is 2. The second-order valence-corrected chi connectivity index (χ2v) is 5.08. The Balaban J connectivity index is 2.42. The van der Waals surface area contributed by atoms with Crippen molar-refractivity contribution < 1.29 is 5.11 Å². The molecule has 0 aromatic carbocycles. The normalized spacial score (nSPS) is 13.0. The van der Waals surface area contributed by atoms with Crippen LogP contribution in [0.3, 0.4) is 0 Å². The van der Waals surface area contributed by atoms with Gasteiger partial charge in [-0.3, -0.25) is 4.68 Å². The molecule has 4 heteroatoms. The third kappa shape index (κ3) is 4.18. The van der Waals surface area contributed by atoms with Crippen LogP contribution < -0.4 is 0 Å². The zero-order valence-corrected chi connectivity index (χ0v) is 11.3. The van der Waals surface area contributed by atoms with Gasteiger partial charge >= 0.3 is 0 Å². The van der Waals surface area contributed by atoms with E-state index in [-0.39, 0.29) is 6.10 Å². The molecule has 0 aliphatic heterocycles. The van der Waals surface area contributed by atoms with Crippen molar-refractivity contribution in [1.29, 1.82) is 0 Å². The zero-order chi connectivity index (χ0) is 12.0. The lowest BCUT2D eigenvalue weighted by molar-refractivity contribution is 0.162. The van der Waals surface area contributed by atoms with Crippen LogP contribution in [0.1, 0.15) is 31.2 Å². The van der Waals surface area contributed by atoms with E-state index in [4.69, 9.17) is 0 Å². The molecule has 1 aromatic heterocycles. The minimum absolute atomic E-state index is 0.229. The molecule has 0 amide bonds. The Morgan fingerprint density at radius 2 is 2.31 bits per heavy atom. The Kier molecular flexibility index (Phi) is 5.91. The molecular formula is C12H22N2OS. The van der Waals surface area contributed by atoms with Crippen LogP contribution in [-0.2, 0) is 19.9 Å². The van der Waals surface area contributed by atoms with Gasteiger partial charge in [0.25, 0.3) is 0 Å². The van der Waals surface area contributed by atoms with E-state index in [2.05, 4.69) is 24.3 Å². The summed E-state index contributed by atoms with van der Waals surface area (Å²) in [5.74, 6) is 1.13. The Morgan fingerprint density at radius 3 is 2.88 bits per heavy atom. The molecule has 0 aliphatic rings. The number of rotatable bonds is 7. The molecule has 0 fully saturated rings. The zero-order valence-electron chi connectivity index (χ0n) is 10.4. The van der Waals surface area contributed by atoms with Gasteiger partial charge in [-0.2, -0.15) is 16.9 Å². The second kappa shape index (κ2) is 6.97. The quantitative estimate of drug-likeness (QED) is 0.744. The summed E-state index contributed by atoms with van der Waals surface area (Å²) < 4.78 is 1.89. The van der Waals surface area contributed by atoms with E-state index < -0.39 is 0 Å². The van der Waals surface area contributed by atoms with Crippen LogP contribution in [0.4, 0.5) is 0 Å². The topological polar surface area (TPSA) is 38.0 Å². The van der Waals surface area contributed by atoms with E-state index in [1.54, 1.807) is 0 Å². The lowest BCUT2D eigenvalue weighted by Gasteiger charge is -2.09. The third-order valence-corrected chi connectivity index (χ3v) is 3.42. The fraction of sp³-hybridized carbons (Fsp3) is 0.750. The average Bonchev–Trinajstić information content (AvgIpc) is 2.60. The second-order valence-electron chi connectivity index (χ2n) is 4.10. The predicted molar refractivity (Wildman–Crippen MR) is 69.9 cm³/mol. The van der Waals surface area contributed by atoms with E-state index in [1.165, 1.54) is 0 Å². The minimum Gasteiger partial charge on any atom is -0.393 e. The number of nitrogens with zero attached hydrogens (tertiary/aromatic N) is 2. The minimum atomic E-state index is -0.229. The van der Waals surface area contributed by atoms with Crippen molar-refractivity contribution >= 4 is 11.8 Å². The number of hydrogen-bond acceptors (Lipinski definition) is 3. The van der Waals surface area contributed by atoms with E-state index in [0.717, 1.165) is 42.8 Å². The molecule has 1 N–H and O–H groups in total. The molecule has 1 rings (SSSR count). The van der Waals surface area contributed by atoms with Crippen molar-refractivity contribution in [3.63, 3.8) is 0 Å². The predicted octanol–water partition coefficient (Wildman–Crippen LogP) is 2.03. The summed E-state index contributed by atoms with van der Waals surface area (Å²) in [7, 11) is 1.95. The van der Waals surface area contributed by atoms with Crippen LogP contribution in [0.15, 0.2) is 6.07 Å². The summed E-state index contributed by atoms with van der Waals surface area (Å²) >= 11 is 1.83. The number of aromatic nitrogens is 2. The first-order chi connectivity index (χ1) is 7.67. The lowest BCUT2D eigenvalue weighted by atomic mass is 10.1. The SMILES string of the molecule is CCc1cc(CC(O)CCCSC)n(C)n1. The Morgan fingerprint density at radius 1 is 1.56 bits per heavy atom. The Labute approximate surface area is 102 Å². The maximum Gasteiger partial charge on any atom is 0.0624 e. The van der Waals surface area contributed by atoms with Crippen LogP contribution in [0.5, 0.6) is 0 Å². The van der Waals surface area contributed by atoms with Crippen LogP contribution in [0, 0.1) is 0 Å². The molecule has 1 heterocycles. The van der Waals surface area contributed by atoms with Gasteiger partial charge in [-0.15, -0.1) is 0 Å². The molecule has 0 spiro atoms. The van der Waals surface area contributed by atoms with Crippen LogP contribution >= 0.6 is 11.8 Å². The van der Waals surface area contributed by atoms with E-state index >= 15 is 0 Å². The third-order valence-electron chi connectivity index (χ3n) is 2.72. The fourth-order valence-corrected chi connectivity index (χ4v) is 2.20. The van der Waals surface area contributed by atoms with Gasteiger partial charge in [0.15, 0.2) is 0 Å². The molecule has 92 valence electrons. The molecule has 0 bridgehead atoms. The maximum absolute atomic E-state index is 9.89. The molecule has 0 saturated carbocycles. The molecule has 1 aromatic rings. The van der Waals surface area contributed by atoms with Gasteiger partial charge in [-0.25, -0.2) is 0 Å². The number of aliphatic hydroxyl groups excluding tert-OH is 1. The van der Waals surface area contributed by atoms with Crippen LogP contribution in [0.25, 0.3) is 0 Å². The average molecular weight is 242 g/mol. The lowest BCUT2D eigenvalue weighted by Crippen LogP contribution is -2.13. The summed E-state index contributed by atoms with van der Waals surface area (Å²) in [6.45, 7) is 2.10. The van der Waals surface area contributed by atoms with Crippen molar-refractivity contribution in [2.45, 2.75) is 38.7 Å². The summed E-state index contributed by atoms with van der Waals surface area (Å²) in [6.07, 6.45) is 5.51. The molecule has 3 nitrogen and oxygen atoms in total. The van der Waals surface area contributed by atoms with Gasteiger partial charge in [0.2, 0.25) is 0 Å². The number of hydrogen-bond donors (Lipinski definition) is 1. The number of aliphatic hydroxyl groups is 1. The fourth-order valence-electron chi connectivity index (χ4n) is 1.74. The van der Waals surface area contributed by atoms with Crippen molar-refractivity contribution in [2.75, 3.05) is 12.0 Å². The number of thioether (sulfide) groups is 1. The van der Waals surface area contributed by atoms with E-state index in [1.807, 2.05) is 23.5 Å². The van der Waals surface area contributed by atoms with E-state index in [9.17, 15) is 5.11 Å². The van der Waals surface area contributed by atoms with Crippen molar-refractivity contribution in [1.82, 2.24) is 9.78 Å². The smallest absolute Gasteiger partial charge is 0.0624 e. The first kappa shape index (κ1) is 13.6. The highest BCUT2D eigenvalue weighted by molar-refractivity contribution is 7.98. The van der Waals surface area contributed by atoms with Gasteiger partial charge in [0.05, 0.1) is 11.8 Å². The van der Waals surface area contributed by atoms with Crippen LogP contribution in [-0.4, -0.2) is 33.0 Å². The summed E-state index contributed by atoms with van der Waals surface area (Å²) in [5, 5.41) is 14.3. The maximum atomic E-state index is 9.89. The monoisotopic (exact) mass is 242 g/mol. The van der Waals surface area contributed by atoms with Gasteiger partial charge in [-0.05, 0) is 37.3 Å². The largest absolute Gasteiger partial charge is 0.393 e. The van der Waals surface area contributed by atoms with Gasteiger partial charge in [0, 0.05) is 19.2 Å². The van der Waals surface area contributed by atoms with Crippen molar-refractivity contribution in [2.24, 2.45) is 7.05 Å². The molecule has 0 aliphatic carbocycles. The highest BCUT2D eigenvalue weighted by Gasteiger charge is 2.10. The van der Waals surface area contributed by atoms with Gasteiger partial charge < -0.3 is 5.11 Å². The standard InChI is InChI=1S/C12H22N2OS/c1-4-10-8-11(14(2)13-10)9-12(15)6-5-7-16-3/h8,12,15H,4-7,9H2,1-3H3. The molecule has 1 atom stereocenters. The van der Waals surface area contributed by atoms with Gasteiger partial charge in [-0.1, -0.05) is 6.92 Å². The first-order valence-electron chi connectivity index (χ1n) is 5.86. The van der Waals surface area contributed by atoms with Crippen molar-refractivity contribution in [3.05, 3.63) is 17.5 Å². The molecular weight excluding hydrogens is 220 g/mol. The highest BCUT2D eigenvalue weighted by atomic mass is 32.2. The first-order valence-corrected chi connectivity index (χ1v) is 7.25. The molecule has 0 radical (unpaired) electrons. The summed E-state index contributed by atoms with van der Waals surface area (Å²) in [4.78, 5) is 0. The van der Waals surface area contributed by atoms with Crippen molar-refractivity contribution in [3.8, 4) is 0 Å². The summed E-state index contributed by atoms with van der Waals surface area (Å²) in [6, 6.07) is 2.10. The molecule has 0 saturated heterocycles. The molecule has 1 unspecified atom stereocenters. The Hall–Kier alpha value is -0.480.